The summed E-state index contributed by atoms with van der Waals surface area (Å²) in [6.45, 7) is 3.66. The van der Waals surface area contributed by atoms with Crippen LogP contribution in [0, 0.1) is 23.7 Å². The van der Waals surface area contributed by atoms with Crippen LogP contribution in [0.15, 0.2) is 52.0 Å². The Morgan fingerprint density at radius 1 is 0.892 bits per heavy atom. The highest BCUT2D eigenvalue weighted by molar-refractivity contribution is 6.00. The largest absolute Gasteiger partial charge is 0.471 e. The van der Waals surface area contributed by atoms with Crippen LogP contribution < -0.4 is 0 Å². The molecule has 2 aliphatic heterocycles. The molecule has 0 aromatic heterocycles. The zero-order valence-corrected chi connectivity index (χ0v) is 22.4. The summed E-state index contributed by atoms with van der Waals surface area (Å²) >= 11 is 0. The van der Waals surface area contributed by atoms with Crippen molar-refractivity contribution in [2.45, 2.75) is 45.4 Å². The molecule has 4 rings (SSSR count). The molecule has 0 aromatic rings. The average Bonchev–Trinajstić information content (AvgIpc) is 3.57. The van der Waals surface area contributed by atoms with Gasteiger partial charge in [-0.05, 0) is 37.8 Å². The van der Waals surface area contributed by atoms with Gasteiger partial charge in [-0.3, -0.25) is 4.99 Å². The van der Waals surface area contributed by atoms with Crippen LogP contribution in [0.3, 0.4) is 0 Å². The van der Waals surface area contributed by atoms with E-state index in [1.165, 1.54) is 26.7 Å². The lowest BCUT2D eigenvalue weighted by Gasteiger charge is -2.34. The number of aliphatic imine (C=N–C) groups is 1. The summed E-state index contributed by atoms with van der Waals surface area (Å²) in [7, 11) is 7.64. The van der Waals surface area contributed by atoms with Gasteiger partial charge >= 0.3 is 11.9 Å². The van der Waals surface area contributed by atoms with Crippen molar-refractivity contribution in [3.63, 3.8) is 0 Å². The fraction of sp³-hybridized carbons (Fsp3) is 0.593. The monoisotopic (exact) mass is 519 g/mol. The summed E-state index contributed by atoms with van der Waals surface area (Å²) < 4.78 is 31.2. The SMILES string of the molecule is CN=C(C)C1=CCC2C(C(=O)OC)=COC(OC)C12.COC(=O)C1=COC(OC)C2C(C(C)O)=CCC12. The van der Waals surface area contributed by atoms with Crippen LogP contribution in [0.4, 0.5) is 0 Å². The van der Waals surface area contributed by atoms with Gasteiger partial charge in [-0.1, -0.05) is 12.2 Å². The smallest absolute Gasteiger partial charge is 0.337 e. The summed E-state index contributed by atoms with van der Waals surface area (Å²) in [6.07, 6.45) is 6.99. The molecule has 7 unspecified atom stereocenters. The standard InChI is InChI=1S/C14H19NO4.C13H18O5/c1-8(15-2)9-5-6-10-11(13(16)17-3)7-19-14(18-4)12(9)10;1-7(14)8-4-5-9-10(12(15)16-2)6-18-13(17-3)11(8)9/h5,7,10,12,14H,6H2,1-4H3;4,6-7,9,11,13-14H,5H2,1-3H3. The van der Waals surface area contributed by atoms with E-state index in [1.54, 1.807) is 28.2 Å². The molecular weight excluding hydrogens is 482 g/mol. The highest BCUT2D eigenvalue weighted by Gasteiger charge is 2.46. The van der Waals surface area contributed by atoms with Crippen LogP contribution in [-0.4, -0.2) is 76.9 Å². The van der Waals surface area contributed by atoms with Crippen molar-refractivity contribution < 1.29 is 43.1 Å². The van der Waals surface area contributed by atoms with Crippen molar-refractivity contribution in [2.24, 2.45) is 28.7 Å². The molecule has 0 bridgehead atoms. The van der Waals surface area contributed by atoms with Crippen molar-refractivity contribution >= 4 is 17.7 Å². The number of rotatable bonds is 6. The third-order valence-electron chi connectivity index (χ3n) is 7.40. The fourth-order valence-corrected chi connectivity index (χ4v) is 5.49. The van der Waals surface area contributed by atoms with E-state index in [0.29, 0.717) is 17.6 Å². The molecule has 10 nitrogen and oxygen atoms in total. The lowest BCUT2D eigenvalue weighted by atomic mass is 9.82. The maximum absolute atomic E-state index is 11.8. The molecular formula is C27H37NO9. The first-order chi connectivity index (χ1) is 17.7. The molecule has 10 heteroatoms. The number of carbonyl (C=O) groups is 2. The molecule has 7 atom stereocenters. The van der Waals surface area contributed by atoms with Gasteiger partial charge in [0.2, 0.25) is 12.6 Å². The number of aliphatic hydroxyl groups excluding tert-OH is 1. The normalized spacial score (nSPS) is 31.0. The summed E-state index contributed by atoms with van der Waals surface area (Å²) in [5.41, 5.74) is 3.97. The lowest BCUT2D eigenvalue weighted by Crippen LogP contribution is -2.38. The van der Waals surface area contributed by atoms with Gasteiger partial charge in [0.1, 0.15) is 0 Å². The summed E-state index contributed by atoms with van der Waals surface area (Å²) in [5, 5.41) is 9.77. The molecule has 2 aliphatic carbocycles. The minimum Gasteiger partial charge on any atom is -0.471 e. The van der Waals surface area contributed by atoms with E-state index in [0.717, 1.165) is 23.3 Å². The number of carbonyl (C=O) groups excluding carboxylic acids is 2. The van der Waals surface area contributed by atoms with Gasteiger partial charge in [0.15, 0.2) is 0 Å². The predicted molar refractivity (Wildman–Crippen MR) is 134 cm³/mol. The Balaban J connectivity index is 0.000000206. The molecule has 0 saturated carbocycles. The zero-order valence-electron chi connectivity index (χ0n) is 22.4. The first-order valence-corrected chi connectivity index (χ1v) is 12.2. The number of hydrogen-bond acceptors (Lipinski definition) is 10. The van der Waals surface area contributed by atoms with E-state index < -0.39 is 12.4 Å². The molecule has 1 N–H and O–H groups in total. The number of nitrogens with zero attached hydrogens (tertiary/aromatic N) is 1. The maximum Gasteiger partial charge on any atom is 0.337 e. The van der Waals surface area contributed by atoms with Crippen molar-refractivity contribution in [3.8, 4) is 0 Å². The van der Waals surface area contributed by atoms with Crippen LogP contribution >= 0.6 is 0 Å². The van der Waals surface area contributed by atoms with E-state index in [2.05, 4.69) is 11.1 Å². The van der Waals surface area contributed by atoms with E-state index in [-0.39, 0.29) is 41.9 Å². The Morgan fingerprint density at radius 2 is 1.38 bits per heavy atom. The Bertz CT molecular complexity index is 1020. The lowest BCUT2D eigenvalue weighted by molar-refractivity contribution is -0.147. The Kier molecular flexibility index (Phi) is 9.69. The molecule has 0 spiro atoms. The quantitative estimate of drug-likeness (QED) is 0.321. The number of fused-ring (bicyclic) bond motifs is 2. The predicted octanol–water partition coefficient (Wildman–Crippen LogP) is 2.69. The van der Waals surface area contributed by atoms with Gasteiger partial charge in [-0.2, -0.15) is 0 Å². The number of aliphatic hydroxyl groups is 1. The second kappa shape index (κ2) is 12.5. The van der Waals surface area contributed by atoms with E-state index in [9.17, 15) is 14.7 Å². The highest BCUT2D eigenvalue weighted by atomic mass is 16.7. The molecule has 0 radical (unpaired) electrons. The molecule has 2 heterocycles. The van der Waals surface area contributed by atoms with E-state index >= 15 is 0 Å². The fourth-order valence-electron chi connectivity index (χ4n) is 5.49. The third kappa shape index (κ3) is 5.66. The number of allylic oxidation sites excluding steroid dienone is 2. The number of methoxy groups -OCH3 is 4. The minimum absolute atomic E-state index is 0.00667. The summed E-state index contributed by atoms with van der Waals surface area (Å²) in [4.78, 5) is 27.7. The van der Waals surface area contributed by atoms with Crippen LogP contribution in [0.5, 0.6) is 0 Å². The van der Waals surface area contributed by atoms with Crippen molar-refractivity contribution in [2.75, 3.05) is 35.5 Å². The molecule has 0 aromatic carbocycles. The molecule has 204 valence electrons. The highest BCUT2D eigenvalue weighted by Crippen LogP contribution is 2.45. The van der Waals surface area contributed by atoms with Crippen LogP contribution in [0.25, 0.3) is 0 Å². The number of esters is 2. The molecule has 0 amide bonds. The van der Waals surface area contributed by atoms with Gasteiger partial charge in [0, 0.05) is 38.8 Å². The van der Waals surface area contributed by atoms with Crippen molar-refractivity contribution in [3.05, 3.63) is 47.0 Å². The molecule has 37 heavy (non-hydrogen) atoms. The number of hydrogen-bond donors (Lipinski definition) is 1. The third-order valence-corrected chi connectivity index (χ3v) is 7.40. The van der Waals surface area contributed by atoms with Gasteiger partial charge in [-0.25, -0.2) is 9.59 Å². The number of ether oxygens (including phenoxy) is 6. The van der Waals surface area contributed by atoms with Gasteiger partial charge in [0.25, 0.3) is 0 Å². The van der Waals surface area contributed by atoms with Crippen LogP contribution in [0.1, 0.15) is 26.7 Å². The van der Waals surface area contributed by atoms with E-state index in [1.807, 2.05) is 13.0 Å². The van der Waals surface area contributed by atoms with Crippen LogP contribution in [-0.2, 0) is 38.0 Å². The second-order valence-electron chi connectivity index (χ2n) is 9.19. The second-order valence-corrected chi connectivity index (χ2v) is 9.19. The Hall–Kier alpha value is -2.95. The summed E-state index contributed by atoms with van der Waals surface area (Å²) in [5.74, 6) is -0.870. The topological polar surface area (TPSA) is 122 Å². The van der Waals surface area contributed by atoms with Gasteiger partial charge < -0.3 is 33.5 Å². The van der Waals surface area contributed by atoms with Gasteiger partial charge in [-0.15, -0.1) is 0 Å². The Labute approximate surface area is 217 Å². The average molecular weight is 520 g/mol. The molecule has 4 aliphatic rings. The van der Waals surface area contributed by atoms with E-state index in [4.69, 9.17) is 28.4 Å². The summed E-state index contributed by atoms with van der Waals surface area (Å²) in [6, 6.07) is 0. The van der Waals surface area contributed by atoms with Crippen molar-refractivity contribution in [1.29, 1.82) is 0 Å². The first kappa shape index (κ1) is 28.6. The van der Waals surface area contributed by atoms with Gasteiger partial charge in [0.05, 0.1) is 55.8 Å². The van der Waals surface area contributed by atoms with Crippen LogP contribution in [0.2, 0.25) is 0 Å². The first-order valence-electron chi connectivity index (χ1n) is 12.2. The van der Waals surface area contributed by atoms with Crippen molar-refractivity contribution in [1.82, 2.24) is 0 Å². The molecule has 0 saturated heterocycles. The molecule has 0 fully saturated rings. The maximum atomic E-state index is 11.8. The minimum atomic E-state index is -0.571. The Morgan fingerprint density at radius 3 is 1.84 bits per heavy atom. The zero-order chi connectivity index (χ0) is 27.3.